The van der Waals surface area contributed by atoms with Crippen LogP contribution in [0.1, 0.15) is 49.9 Å². The molecule has 1 N–H and O–H groups in total. The number of nitrogens with zero attached hydrogens (tertiary/aromatic N) is 3. The molecule has 1 heterocycles. The lowest BCUT2D eigenvalue weighted by Crippen LogP contribution is -2.28. The van der Waals surface area contributed by atoms with E-state index in [1.807, 2.05) is 6.21 Å². The Morgan fingerprint density at radius 1 is 0.700 bits per heavy atom. The van der Waals surface area contributed by atoms with Gasteiger partial charge in [0.15, 0.2) is 0 Å². The van der Waals surface area contributed by atoms with Crippen molar-refractivity contribution in [1.29, 1.82) is 0 Å². The average Bonchev–Trinajstić information content (AvgIpc) is 3.32. The van der Waals surface area contributed by atoms with E-state index in [0.717, 1.165) is 23.6 Å². The molecule has 4 aromatic rings. The standard InChI is InChI=1S/C36H34N4/c1-35(2)31-11-7-5-9-27(31)29-19-24(13-15-33(29)35)39-22-26-21-38-23-37-17-18-40(26)25-14-16-34-30(20-25)28-10-6-8-12-32(28)36(34,3)4/h5-16,19-23,39H,17-18H2,1-4H3/b26-22-,37-23?,38-21?. The Hall–Kier alpha value is -4.44. The predicted octanol–water partition coefficient (Wildman–Crippen LogP) is 8.17. The molecule has 0 aromatic heterocycles. The van der Waals surface area contributed by atoms with Crippen LogP contribution in [0.3, 0.4) is 0 Å². The first-order chi connectivity index (χ1) is 19.4. The molecule has 7 rings (SSSR count). The summed E-state index contributed by atoms with van der Waals surface area (Å²) in [6, 6.07) is 31.2. The van der Waals surface area contributed by atoms with Gasteiger partial charge in [-0.05, 0) is 68.8 Å². The first kappa shape index (κ1) is 24.6. The van der Waals surface area contributed by atoms with E-state index in [0.29, 0.717) is 6.54 Å². The monoisotopic (exact) mass is 522 g/mol. The van der Waals surface area contributed by atoms with Gasteiger partial charge in [-0.1, -0.05) is 88.4 Å². The van der Waals surface area contributed by atoms with Gasteiger partial charge < -0.3 is 10.2 Å². The van der Waals surface area contributed by atoms with Crippen LogP contribution in [0.25, 0.3) is 22.3 Å². The Morgan fingerprint density at radius 3 is 2.00 bits per heavy atom. The average molecular weight is 523 g/mol. The quantitative estimate of drug-likeness (QED) is 0.295. The molecule has 4 aromatic carbocycles. The summed E-state index contributed by atoms with van der Waals surface area (Å²) < 4.78 is 0. The van der Waals surface area contributed by atoms with Crippen LogP contribution in [-0.2, 0) is 10.8 Å². The van der Waals surface area contributed by atoms with Crippen molar-refractivity contribution < 1.29 is 0 Å². The molecule has 0 radical (unpaired) electrons. The molecule has 3 aliphatic rings. The Balaban J connectivity index is 1.25. The Bertz CT molecular complexity index is 1740. The number of aliphatic imine (C=N–C) groups is 2. The number of nitrogens with one attached hydrogen (secondary N) is 1. The third kappa shape index (κ3) is 3.74. The van der Waals surface area contributed by atoms with E-state index in [-0.39, 0.29) is 10.8 Å². The van der Waals surface area contributed by atoms with Crippen LogP contribution in [0.15, 0.2) is 107 Å². The number of benzene rings is 4. The first-order valence-electron chi connectivity index (χ1n) is 14.1. The van der Waals surface area contributed by atoms with E-state index in [1.54, 1.807) is 6.34 Å². The summed E-state index contributed by atoms with van der Waals surface area (Å²) in [7, 11) is 0. The highest BCUT2D eigenvalue weighted by Gasteiger charge is 2.36. The van der Waals surface area contributed by atoms with Crippen molar-refractivity contribution in [3.05, 3.63) is 119 Å². The molecule has 0 fully saturated rings. The van der Waals surface area contributed by atoms with Crippen molar-refractivity contribution >= 4 is 23.9 Å². The summed E-state index contributed by atoms with van der Waals surface area (Å²) in [5.74, 6) is 0. The van der Waals surface area contributed by atoms with Crippen molar-refractivity contribution in [1.82, 2.24) is 0 Å². The minimum Gasteiger partial charge on any atom is -0.360 e. The summed E-state index contributed by atoms with van der Waals surface area (Å²) in [5, 5.41) is 3.59. The second-order valence-electron chi connectivity index (χ2n) is 12.0. The summed E-state index contributed by atoms with van der Waals surface area (Å²) in [6.07, 6.45) is 5.62. The predicted molar refractivity (Wildman–Crippen MR) is 169 cm³/mol. The molecule has 0 spiro atoms. The lowest BCUT2D eigenvalue weighted by molar-refractivity contribution is 0.660. The molecular weight excluding hydrogens is 488 g/mol. The van der Waals surface area contributed by atoms with Crippen LogP contribution in [0.5, 0.6) is 0 Å². The molecule has 198 valence electrons. The van der Waals surface area contributed by atoms with E-state index < -0.39 is 0 Å². The molecule has 0 atom stereocenters. The van der Waals surface area contributed by atoms with Gasteiger partial charge >= 0.3 is 0 Å². The minimum absolute atomic E-state index is 0.00595. The van der Waals surface area contributed by atoms with Gasteiger partial charge in [-0.2, -0.15) is 0 Å². The SMILES string of the molecule is CC1(C)c2ccccc2-c2cc(N/C=C3/C=NC=NCCN3c3ccc4c(c3)-c3ccccc3C4(C)C)ccc21. The Labute approximate surface area is 236 Å². The van der Waals surface area contributed by atoms with Gasteiger partial charge in [0.1, 0.15) is 6.34 Å². The fraction of sp³-hybridized carbons (Fsp3) is 0.222. The maximum atomic E-state index is 4.47. The fourth-order valence-electron chi connectivity index (χ4n) is 6.81. The van der Waals surface area contributed by atoms with Crippen molar-refractivity contribution in [2.24, 2.45) is 9.98 Å². The normalized spacial score (nSPS) is 18.5. The number of hydrogen-bond acceptors (Lipinski definition) is 4. The Morgan fingerprint density at radius 2 is 1.30 bits per heavy atom. The largest absolute Gasteiger partial charge is 0.360 e. The molecule has 4 nitrogen and oxygen atoms in total. The third-order valence-electron chi connectivity index (χ3n) is 8.97. The van der Waals surface area contributed by atoms with Crippen LogP contribution in [0.4, 0.5) is 11.4 Å². The highest BCUT2D eigenvalue weighted by molar-refractivity contribution is 5.91. The zero-order valence-corrected chi connectivity index (χ0v) is 23.6. The van der Waals surface area contributed by atoms with Crippen LogP contribution >= 0.6 is 0 Å². The molecule has 0 unspecified atom stereocenters. The van der Waals surface area contributed by atoms with Gasteiger partial charge in [0.2, 0.25) is 0 Å². The van der Waals surface area contributed by atoms with Crippen LogP contribution < -0.4 is 10.2 Å². The third-order valence-corrected chi connectivity index (χ3v) is 8.97. The molecule has 40 heavy (non-hydrogen) atoms. The van der Waals surface area contributed by atoms with Crippen molar-refractivity contribution in [3.63, 3.8) is 0 Å². The topological polar surface area (TPSA) is 40.0 Å². The van der Waals surface area contributed by atoms with E-state index >= 15 is 0 Å². The van der Waals surface area contributed by atoms with Crippen molar-refractivity contribution in [2.45, 2.75) is 38.5 Å². The highest BCUT2D eigenvalue weighted by atomic mass is 15.2. The summed E-state index contributed by atoms with van der Waals surface area (Å²) in [6.45, 7) is 10.7. The second-order valence-corrected chi connectivity index (χ2v) is 12.0. The van der Waals surface area contributed by atoms with Crippen LogP contribution in [-0.4, -0.2) is 25.6 Å². The van der Waals surface area contributed by atoms with E-state index in [2.05, 4.69) is 139 Å². The maximum absolute atomic E-state index is 4.47. The lowest BCUT2D eigenvalue weighted by atomic mass is 9.82. The number of rotatable bonds is 3. The number of fused-ring (bicyclic) bond motifs is 6. The number of hydrogen-bond donors (Lipinski definition) is 1. The van der Waals surface area contributed by atoms with Gasteiger partial charge in [0.05, 0.1) is 18.5 Å². The second kappa shape index (κ2) is 9.06. The van der Waals surface area contributed by atoms with Gasteiger partial charge in [-0.25, -0.2) is 4.99 Å². The number of anilines is 2. The van der Waals surface area contributed by atoms with Crippen LogP contribution in [0, 0.1) is 0 Å². The molecular formula is C36H34N4. The van der Waals surface area contributed by atoms with Gasteiger partial charge in [0.25, 0.3) is 0 Å². The maximum Gasteiger partial charge on any atom is 0.110 e. The molecule has 1 aliphatic heterocycles. The van der Waals surface area contributed by atoms with Crippen LogP contribution in [0.2, 0.25) is 0 Å². The summed E-state index contributed by atoms with van der Waals surface area (Å²) in [4.78, 5) is 11.2. The van der Waals surface area contributed by atoms with E-state index in [4.69, 9.17) is 0 Å². The van der Waals surface area contributed by atoms with E-state index in [1.165, 1.54) is 44.5 Å². The van der Waals surface area contributed by atoms with Gasteiger partial charge in [-0.3, -0.25) is 4.99 Å². The van der Waals surface area contributed by atoms with E-state index in [9.17, 15) is 0 Å². The smallest absolute Gasteiger partial charge is 0.110 e. The Kier molecular flexibility index (Phi) is 5.57. The fourth-order valence-corrected chi connectivity index (χ4v) is 6.81. The molecule has 0 saturated heterocycles. The first-order valence-corrected chi connectivity index (χ1v) is 14.1. The zero-order valence-electron chi connectivity index (χ0n) is 23.6. The van der Waals surface area contributed by atoms with Gasteiger partial charge in [-0.15, -0.1) is 0 Å². The zero-order chi connectivity index (χ0) is 27.5. The van der Waals surface area contributed by atoms with Crippen molar-refractivity contribution in [3.8, 4) is 22.3 Å². The number of allylic oxidation sites excluding steroid dienone is 1. The molecule has 0 amide bonds. The molecule has 0 saturated carbocycles. The molecule has 4 heteroatoms. The van der Waals surface area contributed by atoms with Gasteiger partial charge in [0, 0.05) is 34.9 Å². The highest BCUT2D eigenvalue weighted by Crippen LogP contribution is 2.50. The minimum atomic E-state index is -0.00650. The molecule has 0 bridgehead atoms. The lowest BCUT2D eigenvalue weighted by Gasteiger charge is -2.27. The summed E-state index contributed by atoms with van der Waals surface area (Å²) in [5.41, 5.74) is 14.0. The van der Waals surface area contributed by atoms with Crippen molar-refractivity contribution in [2.75, 3.05) is 23.3 Å². The molecule has 2 aliphatic carbocycles. The summed E-state index contributed by atoms with van der Waals surface area (Å²) >= 11 is 0.